The first-order valence-electron chi connectivity index (χ1n) is 38.7. The molecular weight excluding hydrogens is 1370 g/mol. The van der Waals surface area contributed by atoms with Crippen LogP contribution in [0.25, 0.3) is 204 Å². The van der Waals surface area contributed by atoms with Gasteiger partial charge in [0.25, 0.3) is 0 Å². The Morgan fingerprint density at radius 2 is 0.504 bits per heavy atom. The zero-order valence-corrected chi connectivity index (χ0v) is 61.7. The molecule has 3 aromatic heterocycles. The van der Waals surface area contributed by atoms with Crippen LogP contribution in [0.15, 0.2) is 425 Å². The normalized spacial score (nSPS) is 11.5. The average Bonchev–Trinajstić information content (AvgIpc) is 1.64. The molecule has 4 heteroatoms. The summed E-state index contributed by atoms with van der Waals surface area (Å²) in [5, 5.41) is 24.5. The third kappa shape index (κ3) is 11.5. The molecular formula is C109H70N4. The molecule has 0 radical (unpaired) electrons. The van der Waals surface area contributed by atoms with Crippen molar-refractivity contribution in [3.63, 3.8) is 0 Å². The van der Waals surface area contributed by atoms with E-state index >= 15 is 0 Å². The first-order chi connectivity index (χ1) is 56.0. The van der Waals surface area contributed by atoms with Crippen LogP contribution < -0.4 is 0 Å². The first-order valence-corrected chi connectivity index (χ1v) is 38.7. The number of hydrogen-bond acceptors (Lipinski definition) is 1. The molecule has 0 aliphatic heterocycles. The zero-order chi connectivity index (χ0) is 74.9. The van der Waals surface area contributed by atoms with Gasteiger partial charge in [-0.2, -0.15) is 5.26 Å². The number of benzene rings is 19. The maximum atomic E-state index is 9.23. The highest BCUT2D eigenvalue weighted by Gasteiger charge is 2.25. The van der Waals surface area contributed by atoms with E-state index in [0.29, 0.717) is 5.56 Å². The van der Waals surface area contributed by atoms with Gasteiger partial charge in [0.1, 0.15) is 0 Å². The molecule has 0 saturated carbocycles. The van der Waals surface area contributed by atoms with Crippen molar-refractivity contribution in [2.75, 3.05) is 0 Å². The first kappa shape index (κ1) is 66.1. The van der Waals surface area contributed by atoms with Crippen molar-refractivity contribution < 1.29 is 0 Å². The van der Waals surface area contributed by atoms with Gasteiger partial charge in [-0.1, -0.05) is 315 Å². The van der Waals surface area contributed by atoms with Crippen LogP contribution in [0.4, 0.5) is 0 Å². The number of fused-ring (bicyclic) bond motifs is 15. The number of aromatic nitrogens is 3. The molecule has 22 aromatic rings. The second-order valence-electron chi connectivity index (χ2n) is 29.3. The Hall–Kier alpha value is -15.2. The van der Waals surface area contributed by atoms with E-state index in [1.54, 1.807) is 0 Å². The van der Waals surface area contributed by atoms with Gasteiger partial charge >= 0.3 is 0 Å². The lowest BCUT2D eigenvalue weighted by Crippen LogP contribution is -1.95. The van der Waals surface area contributed by atoms with Crippen LogP contribution in [0, 0.1) is 11.3 Å². The van der Waals surface area contributed by atoms with Crippen LogP contribution >= 0.6 is 0 Å². The fraction of sp³-hybridized carbons (Fsp3) is 0. The number of nitrogens with zero attached hydrogens (tertiary/aromatic N) is 4. The smallest absolute Gasteiger partial charge is 0.0991 e. The average molecular weight is 1440 g/mol. The Labute approximate surface area is 654 Å². The van der Waals surface area contributed by atoms with Gasteiger partial charge in [0.05, 0.1) is 50.4 Å². The molecule has 1 aliphatic rings. The lowest BCUT2D eigenvalue weighted by Gasteiger charge is -2.13. The number of para-hydroxylation sites is 2. The Morgan fingerprint density at radius 1 is 0.177 bits per heavy atom. The van der Waals surface area contributed by atoms with Crippen molar-refractivity contribution in [2.45, 2.75) is 0 Å². The summed E-state index contributed by atoms with van der Waals surface area (Å²) < 4.78 is 7.13. The maximum Gasteiger partial charge on any atom is 0.0991 e. The van der Waals surface area contributed by atoms with E-state index < -0.39 is 0 Å². The second kappa shape index (κ2) is 27.8. The van der Waals surface area contributed by atoms with Gasteiger partial charge in [0, 0.05) is 49.1 Å². The van der Waals surface area contributed by atoms with Crippen molar-refractivity contribution in [1.82, 2.24) is 13.7 Å². The van der Waals surface area contributed by atoms with E-state index in [2.05, 4.69) is 420 Å². The molecule has 113 heavy (non-hydrogen) atoms. The molecule has 19 aromatic carbocycles. The third-order valence-corrected chi connectivity index (χ3v) is 23.0. The summed E-state index contributed by atoms with van der Waals surface area (Å²) in [4.78, 5) is 0. The van der Waals surface area contributed by atoms with E-state index in [1.165, 1.54) is 181 Å². The second-order valence-corrected chi connectivity index (χ2v) is 29.3. The lowest BCUT2D eigenvalue weighted by atomic mass is 9.92. The van der Waals surface area contributed by atoms with Crippen LogP contribution in [0.1, 0.15) is 5.56 Å². The monoisotopic (exact) mass is 1430 g/mol. The fourth-order valence-corrected chi connectivity index (χ4v) is 17.6. The standard InChI is InChI=1S/C42H29N.C34H21N.C33H20N2/c1-4-10-30(11-5-1)33-16-18-34(19-17-33)35-20-24-38(25-21-35)43-41-26-22-36(31-12-6-2-7-13-31)28-39(41)40-29-37(23-27-42(40)43)32-14-8-3-9-15-32;1-2-9-22(10-3-1)23-17-19-33-30(21-23)26-13-6-7-16-31(26)35(33)32-20-18-28-25-12-5-4-11-24(25)27-14-8-15-29(32)34(27)28;34-21-22-13-16-25(17-14-22)35-32-12-6-5-11-29(32)31-20-24(15-18-33(31)35)30-19-23-7-1-2-8-26(23)27-9-3-4-10-28(27)30/h1-29H;1-21H;1-20H. The summed E-state index contributed by atoms with van der Waals surface area (Å²) in [6.07, 6.45) is 0. The fourth-order valence-electron chi connectivity index (χ4n) is 17.6. The minimum absolute atomic E-state index is 0.667. The van der Waals surface area contributed by atoms with Gasteiger partial charge in [-0.25, -0.2) is 0 Å². The molecule has 3 heterocycles. The van der Waals surface area contributed by atoms with Gasteiger partial charge < -0.3 is 13.7 Å². The van der Waals surface area contributed by atoms with Gasteiger partial charge in [0.2, 0.25) is 0 Å². The minimum Gasteiger partial charge on any atom is -0.309 e. The molecule has 0 fully saturated rings. The molecule has 0 spiro atoms. The van der Waals surface area contributed by atoms with E-state index in [4.69, 9.17) is 0 Å². The molecule has 1 aliphatic carbocycles. The zero-order valence-electron chi connectivity index (χ0n) is 61.7. The van der Waals surface area contributed by atoms with Crippen molar-refractivity contribution in [3.05, 3.63) is 430 Å². The number of rotatable bonds is 9. The summed E-state index contributed by atoms with van der Waals surface area (Å²) in [6.45, 7) is 0. The highest BCUT2D eigenvalue weighted by molar-refractivity contribution is 6.20. The number of nitriles is 1. The van der Waals surface area contributed by atoms with E-state index in [0.717, 1.165) is 22.4 Å². The lowest BCUT2D eigenvalue weighted by molar-refractivity contribution is 1.18. The summed E-state index contributed by atoms with van der Waals surface area (Å²) in [6, 6.07) is 155. The van der Waals surface area contributed by atoms with E-state index in [-0.39, 0.29) is 0 Å². The Morgan fingerprint density at radius 3 is 1.01 bits per heavy atom. The third-order valence-electron chi connectivity index (χ3n) is 23.0. The molecule has 0 bridgehead atoms. The van der Waals surface area contributed by atoms with E-state index in [9.17, 15) is 5.26 Å². The molecule has 0 N–H and O–H groups in total. The largest absolute Gasteiger partial charge is 0.309 e. The van der Waals surface area contributed by atoms with Crippen molar-refractivity contribution in [1.29, 1.82) is 5.26 Å². The summed E-state index contributed by atoms with van der Waals surface area (Å²) >= 11 is 0. The van der Waals surface area contributed by atoms with Gasteiger partial charge in [-0.3, -0.25) is 0 Å². The highest BCUT2D eigenvalue weighted by atomic mass is 15.0. The van der Waals surface area contributed by atoms with Crippen LogP contribution in [0.2, 0.25) is 0 Å². The summed E-state index contributed by atoms with van der Waals surface area (Å²) in [5.41, 5.74) is 31.4. The molecule has 526 valence electrons. The maximum absolute atomic E-state index is 9.23. The van der Waals surface area contributed by atoms with Crippen LogP contribution in [0.3, 0.4) is 0 Å². The summed E-state index contributed by atoms with van der Waals surface area (Å²) in [7, 11) is 0. The van der Waals surface area contributed by atoms with Crippen molar-refractivity contribution >= 4 is 97.7 Å². The molecule has 4 nitrogen and oxygen atoms in total. The van der Waals surface area contributed by atoms with Gasteiger partial charge in [0.15, 0.2) is 0 Å². The van der Waals surface area contributed by atoms with E-state index in [1.807, 2.05) is 24.3 Å². The van der Waals surface area contributed by atoms with Gasteiger partial charge in [-0.05, 0) is 225 Å². The molecule has 0 atom stereocenters. The van der Waals surface area contributed by atoms with Crippen molar-refractivity contribution in [3.8, 4) is 112 Å². The quantitative estimate of drug-likeness (QED) is 0.133. The highest BCUT2D eigenvalue weighted by Crippen LogP contribution is 2.50. The minimum atomic E-state index is 0.667. The number of hydrogen-bond donors (Lipinski definition) is 0. The Kier molecular flexibility index (Phi) is 16.3. The topological polar surface area (TPSA) is 38.6 Å². The predicted octanol–water partition coefficient (Wildman–Crippen LogP) is 29.3. The molecule has 0 saturated heterocycles. The molecule has 0 amide bonds. The predicted molar refractivity (Wildman–Crippen MR) is 477 cm³/mol. The molecule has 0 unspecified atom stereocenters. The van der Waals surface area contributed by atoms with Crippen LogP contribution in [-0.2, 0) is 0 Å². The molecule has 23 rings (SSSR count). The van der Waals surface area contributed by atoms with Crippen LogP contribution in [-0.4, -0.2) is 13.7 Å². The Bertz CT molecular complexity index is 7360. The summed E-state index contributed by atoms with van der Waals surface area (Å²) in [5.74, 6) is 0. The SMILES string of the molecule is N#Cc1ccc(-n2c3ccccc3c3cc(-c4cc5ccccc5c5ccccc45)ccc32)cc1.c1ccc(-c2ccc(-c3ccc(-n4c5ccc(-c6ccccc6)cc5c5cc(-c6ccccc6)ccc54)cc3)cc2)cc1.c1ccc(-c2ccc3c(c2)c2ccccc2n3-c2ccc3c4c(cccc24)-c2ccccc2-3)cc1. The van der Waals surface area contributed by atoms with Gasteiger partial charge in [-0.15, -0.1) is 0 Å². The van der Waals surface area contributed by atoms with Crippen LogP contribution in [0.5, 0.6) is 0 Å². The van der Waals surface area contributed by atoms with Crippen molar-refractivity contribution in [2.24, 2.45) is 0 Å². The Balaban J connectivity index is 0.000000108.